The fraction of sp³-hybridized carbons (Fsp3) is 0.0154. The minimum Gasteiger partial charge on any atom is -0.456 e. The molecule has 0 atom stereocenters. The number of nitrogens with zero attached hydrogens (tertiary/aromatic N) is 2. The van der Waals surface area contributed by atoms with Gasteiger partial charge in [0.15, 0.2) is 0 Å². The molecule has 0 bridgehead atoms. The van der Waals surface area contributed by atoms with Crippen molar-refractivity contribution < 1.29 is 27.7 Å². The average Bonchev–Trinajstić information content (AvgIpc) is 1.95. The fourth-order valence-electron chi connectivity index (χ4n) is 10.7. The van der Waals surface area contributed by atoms with Crippen LogP contribution in [0.5, 0.6) is 0 Å². The molecule has 0 unspecified atom stereocenters. The Morgan fingerprint density at radius 1 is 0.464 bits per heavy atom. The van der Waals surface area contributed by atoms with E-state index in [9.17, 15) is 9.60 Å². The molecule has 2 aromatic heterocycles. The Morgan fingerprint density at radius 2 is 1.16 bits per heavy atom. The molecule has 0 fully saturated rings. The second-order valence-corrected chi connectivity index (χ2v) is 18.1. The highest BCUT2D eigenvalue weighted by atomic mass is 32.2. The van der Waals surface area contributed by atoms with Crippen LogP contribution in [0.4, 0.5) is 17.1 Å². The monoisotopic (exact) mass is 913 g/mol. The Bertz CT molecular complexity index is 5180. The molecule has 1 aliphatic carbocycles. The molecule has 3 nitrogen and oxygen atoms in total. The van der Waals surface area contributed by atoms with E-state index in [2.05, 4.69) is 54.6 Å². The summed E-state index contributed by atoms with van der Waals surface area (Å²) in [4.78, 5) is 3.45. The molecule has 3 heterocycles. The van der Waals surface area contributed by atoms with Crippen LogP contribution in [0, 0.1) is 0 Å². The van der Waals surface area contributed by atoms with Crippen molar-refractivity contribution in [2.24, 2.45) is 0 Å². The van der Waals surface area contributed by atoms with Crippen LogP contribution in [0.25, 0.3) is 82.5 Å². The lowest BCUT2D eigenvalue weighted by molar-refractivity contribution is 0.669. The summed E-state index contributed by atoms with van der Waals surface area (Å²) in [6, 6.07) is 33.7. The zero-order valence-corrected chi connectivity index (χ0v) is 36.8. The molecule has 322 valence electrons. The normalized spacial score (nSPS) is 16.7. The van der Waals surface area contributed by atoms with E-state index in [1.165, 1.54) is 0 Å². The van der Waals surface area contributed by atoms with Crippen molar-refractivity contribution in [1.82, 2.24) is 4.57 Å². The lowest BCUT2D eigenvalue weighted by Gasteiger charge is -2.40. The Hall–Kier alpha value is -8.57. The van der Waals surface area contributed by atoms with Crippen molar-refractivity contribution in [2.45, 2.75) is 15.2 Å². The maximum atomic E-state index is 10.2. The molecule has 4 heteroatoms. The number of para-hydroxylation sites is 3. The molecule has 11 aromatic carbocycles. The number of fused-ring (bicyclic) bond motifs is 16. The highest BCUT2D eigenvalue weighted by Gasteiger charge is 2.50. The quantitative estimate of drug-likeness (QED) is 0.172. The molecule has 0 saturated carbocycles. The van der Waals surface area contributed by atoms with E-state index in [4.69, 9.17) is 18.1 Å². The van der Waals surface area contributed by atoms with Gasteiger partial charge in [0.25, 0.3) is 0 Å². The molecule has 69 heavy (non-hydrogen) atoms. The summed E-state index contributed by atoms with van der Waals surface area (Å²) in [6.45, 7) is 0. The summed E-state index contributed by atoms with van der Waals surface area (Å²) < 4.78 is 165. The molecule has 0 saturated heterocycles. The number of anilines is 3. The van der Waals surface area contributed by atoms with Gasteiger partial charge in [0, 0.05) is 43.0 Å². The Balaban J connectivity index is 1.02. The third kappa shape index (κ3) is 5.52. The first-order valence-corrected chi connectivity index (χ1v) is 23.1. The fourth-order valence-corrected chi connectivity index (χ4v) is 12.0. The standard InChI is InChI=1S/C65H40N2OS/c1-2-17-45(18-3-1)67-57-25-12-8-21-50(57)51-35-31-44(38-59(51)67)41-29-32-46(33-30-41)66(58-26-14-28-61-64(58)52-22-9-13-27-60(52)68-61)47-34-36-55-63(40-47)69-62-39-43-16-5-4-15-42(43)37-56(62)65(55)53-23-10-6-19-48(53)49-20-7-11-24-54(49)65/h1-40H/i1D,2D,3D,8D,9D,12D,17D,18D,21D,25D,29D,30D,31D,32D,33D,35D,38D. The van der Waals surface area contributed by atoms with Crippen LogP contribution in [0.3, 0.4) is 0 Å². The van der Waals surface area contributed by atoms with Gasteiger partial charge in [-0.25, -0.2) is 0 Å². The molecule has 13 aromatic rings. The van der Waals surface area contributed by atoms with Gasteiger partial charge in [-0.2, -0.15) is 0 Å². The third-order valence-electron chi connectivity index (χ3n) is 13.6. The van der Waals surface area contributed by atoms with E-state index < -0.39 is 135 Å². The molecule has 1 spiro atoms. The number of hydrogen-bond acceptors (Lipinski definition) is 3. The van der Waals surface area contributed by atoms with Crippen molar-refractivity contribution in [3.05, 3.63) is 265 Å². The maximum Gasteiger partial charge on any atom is 0.137 e. The minimum atomic E-state index is -0.821. The zero-order chi connectivity index (χ0) is 60.0. The van der Waals surface area contributed by atoms with Gasteiger partial charge >= 0.3 is 0 Å². The van der Waals surface area contributed by atoms with Gasteiger partial charge in [-0.05, 0) is 134 Å². The third-order valence-corrected chi connectivity index (χ3v) is 14.7. The lowest BCUT2D eigenvalue weighted by atomic mass is 9.67. The van der Waals surface area contributed by atoms with Crippen LogP contribution < -0.4 is 4.90 Å². The zero-order valence-electron chi connectivity index (χ0n) is 53.0. The van der Waals surface area contributed by atoms with Crippen LogP contribution in [-0.4, -0.2) is 4.57 Å². The summed E-state index contributed by atoms with van der Waals surface area (Å²) >= 11 is 1.57. The predicted molar refractivity (Wildman–Crippen MR) is 287 cm³/mol. The lowest BCUT2D eigenvalue weighted by Crippen LogP contribution is -2.32. The first kappa shape index (κ1) is 25.5. The minimum absolute atomic E-state index is 0.181. The van der Waals surface area contributed by atoms with Crippen molar-refractivity contribution >= 4 is 83.3 Å². The number of hydrogen-bond donors (Lipinski definition) is 0. The number of rotatable bonds is 5. The number of aromatic nitrogens is 1. The van der Waals surface area contributed by atoms with E-state index in [-0.39, 0.29) is 17.1 Å². The molecule has 0 N–H and O–H groups in total. The van der Waals surface area contributed by atoms with Gasteiger partial charge in [0.05, 0.1) is 50.8 Å². The summed E-state index contributed by atoms with van der Waals surface area (Å²) in [5, 5.41) is 2.36. The van der Waals surface area contributed by atoms with Crippen LogP contribution in [0.2, 0.25) is 0 Å². The van der Waals surface area contributed by atoms with E-state index in [1.54, 1.807) is 53.1 Å². The first-order valence-electron chi connectivity index (χ1n) is 30.8. The maximum absolute atomic E-state index is 10.2. The van der Waals surface area contributed by atoms with Gasteiger partial charge in [-0.15, -0.1) is 0 Å². The average molecular weight is 914 g/mol. The topological polar surface area (TPSA) is 21.3 Å². The van der Waals surface area contributed by atoms with Crippen LogP contribution in [-0.2, 0) is 5.41 Å². The van der Waals surface area contributed by atoms with Gasteiger partial charge in [-0.1, -0.05) is 175 Å². The molecule has 0 radical (unpaired) electrons. The Kier molecular flexibility index (Phi) is 5.44. The molecule has 2 aliphatic rings. The molecule has 0 amide bonds. The summed E-state index contributed by atoms with van der Waals surface area (Å²) in [7, 11) is 0. The Morgan fingerprint density at radius 3 is 1.99 bits per heavy atom. The SMILES string of the molecule is [2H]c1ccc2oc3cccc(N(c4ccc5c(c4)Sc4cc6ccccc6cc4C54c5ccccc5-c5ccccc54)c4c([2H])c([2H])c(-c5c([2H])c([2H])c6c7c([2H])c([2H])c([2H])c([2H])c7n(-c7c([2H])c([2H])c([2H])c([2H])c7[2H])c6c5[2H])c([2H])c4[2H])c3c2c1. The van der Waals surface area contributed by atoms with Gasteiger partial charge in [0.2, 0.25) is 0 Å². The van der Waals surface area contributed by atoms with Crippen LogP contribution in [0.1, 0.15) is 45.6 Å². The van der Waals surface area contributed by atoms with E-state index in [0.29, 0.717) is 33.3 Å². The second-order valence-electron chi connectivity index (χ2n) is 17.1. The van der Waals surface area contributed by atoms with Crippen LogP contribution >= 0.6 is 11.8 Å². The highest BCUT2D eigenvalue weighted by Crippen LogP contribution is 2.63. The van der Waals surface area contributed by atoms with Crippen LogP contribution in [0.15, 0.2) is 256 Å². The molecular weight excluding hydrogens is 857 g/mol. The van der Waals surface area contributed by atoms with Gasteiger partial charge in [0.1, 0.15) is 11.2 Å². The smallest absolute Gasteiger partial charge is 0.137 e. The summed E-state index contributed by atoms with van der Waals surface area (Å²) in [5.74, 6) is 0. The van der Waals surface area contributed by atoms with E-state index in [0.717, 1.165) is 58.5 Å². The van der Waals surface area contributed by atoms with Crippen molar-refractivity contribution in [3.63, 3.8) is 0 Å². The van der Waals surface area contributed by atoms with E-state index >= 15 is 0 Å². The number of furan rings is 1. The Labute approximate surface area is 427 Å². The highest BCUT2D eigenvalue weighted by molar-refractivity contribution is 7.99. The summed E-state index contributed by atoms with van der Waals surface area (Å²) in [5.41, 5.74) is 4.17. The number of benzene rings is 11. The largest absolute Gasteiger partial charge is 0.456 e. The summed E-state index contributed by atoms with van der Waals surface area (Å²) in [6.07, 6.45) is 0. The molecule has 1 aliphatic heterocycles. The van der Waals surface area contributed by atoms with Crippen molar-refractivity contribution in [3.8, 4) is 27.9 Å². The second kappa shape index (κ2) is 14.7. The van der Waals surface area contributed by atoms with Crippen molar-refractivity contribution in [2.75, 3.05) is 4.90 Å². The van der Waals surface area contributed by atoms with Gasteiger partial charge in [-0.3, -0.25) is 0 Å². The predicted octanol–water partition coefficient (Wildman–Crippen LogP) is 17.8. The van der Waals surface area contributed by atoms with E-state index in [1.807, 2.05) is 48.5 Å². The van der Waals surface area contributed by atoms with Gasteiger partial charge < -0.3 is 13.9 Å². The molecular formula is C65H40N2OS. The van der Waals surface area contributed by atoms with Crippen molar-refractivity contribution in [1.29, 1.82) is 0 Å². The molecule has 15 rings (SSSR count). The first-order chi connectivity index (χ1) is 41.3.